The molecule has 20 heavy (non-hydrogen) atoms. The lowest BCUT2D eigenvalue weighted by atomic mass is 9.98. The summed E-state index contributed by atoms with van der Waals surface area (Å²) in [6, 6.07) is 3.71. The number of nitrogens with zero attached hydrogens (tertiary/aromatic N) is 1. The molecule has 114 valence electrons. The largest absolute Gasteiger partial charge is 0.310 e. The molecule has 2 N–H and O–H groups in total. The predicted molar refractivity (Wildman–Crippen MR) is 80.9 cm³/mol. The molecular formula is C14H25N3O2S. The van der Waals surface area contributed by atoms with Crippen LogP contribution in [0.1, 0.15) is 40.2 Å². The SMILES string of the molecule is CC(C)NCc1ccc(S(=O)(=O)NCC(C)(C)C)nc1. The van der Waals surface area contributed by atoms with Crippen LogP contribution in [0.5, 0.6) is 0 Å². The highest BCUT2D eigenvalue weighted by Crippen LogP contribution is 2.13. The van der Waals surface area contributed by atoms with Crippen LogP contribution in [0, 0.1) is 5.41 Å². The van der Waals surface area contributed by atoms with Gasteiger partial charge in [0.05, 0.1) is 0 Å². The van der Waals surface area contributed by atoms with Gasteiger partial charge < -0.3 is 5.32 Å². The normalized spacial score (nSPS) is 12.9. The highest BCUT2D eigenvalue weighted by molar-refractivity contribution is 7.89. The monoisotopic (exact) mass is 299 g/mol. The summed E-state index contributed by atoms with van der Waals surface area (Å²) in [6.07, 6.45) is 1.60. The average molecular weight is 299 g/mol. The molecule has 0 unspecified atom stereocenters. The van der Waals surface area contributed by atoms with Gasteiger partial charge in [-0.15, -0.1) is 0 Å². The molecule has 5 nitrogen and oxygen atoms in total. The van der Waals surface area contributed by atoms with E-state index in [1.807, 2.05) is 20.8 Å². The highest BCUT2D eigenvalue weighted by Gasteiger charge is 2.19. The van der Waals surface area contributed by atoms with Crippen molar-refractivity contribution in [3.63, 3.8) is 0 Å². The van der Waals surface area contributed by atoms with E-state index >= 15 is 0 Å². The van der Waals surface area contributed by atoms with Crippen LogP contribution in [0.15, 0.2) is 23.4 Å². The van der Waals surface area contributed by atoms with Crippen LogP contribution in [0.3, 0.4) is 0 Å². The summed E-state index contributed by atoms with van der Waals surface area (Å²) >= 11 is 0. The van der Waals surface area contributed by atoms with Crippen LogP contribution in [0.25, 0.3) is 0 Å². The lowest BCUT2D eigenvalue weighted by molar-refractivity contribution is 0.407. The van der Waals surface area contributed by atoms with Crippen LogP contribution in [0.4, 0.5) is 0 Å². The van der Waals surface area contributed by atoms with Gasteiger partial charge in [-0.1, -0.05) is 40.7 Å². The zero-order valence-electron chi connectivity index (χ0n) is 12.9. The first-order valence-corrected chi connectivity index (χ1v) is 8.26. The fourth-order valence-electron chi connectivity index (χ4n) is 1.38. The van der Waals surface area contributed by atoms with E-state index in [4.69, 9.17) is 0 Å². The molecule has 0 aliphatic carbocycles. The topological polar surface area (TPSA) is 71.1 Å². The van der Waals surface area contributed by atoms with Crippen LogP contribution in [-0.2, 0) is 16.6 Å². The van der Waals surface area contributed by atoms with Gasteiger partial charge in [-0.3, -0.25) is 0 Å². The summed E-state index contributed by atoms with van der Waals surface area (Å²) in [7, 11) is -3.52. The fourth-order valence-corrected chi connectivity index (χ4v) is 2.59. The van der Waals surface area contributed by atoms with Crippen LogP contribution < -0.4 is 10.0 Å². The van der Waals surface area contributed by atoms with E-state index in [-0.39, 0.29) is 10.4 Å². The second kappa shape index (κ2) is 6.65. The van der Waals surface area contributed by atoms with Crippen molar-refractivity contribution in [1.29, 1.82) is 0 Å². The maximum atomic E-state index is 12.1. The molecular weight excluding hydrogens is 274 g/mol. The minimum atomic E-state index is -3.52. The van der Waals surface area contributed by atoms with Gasteiger partial charge in [0.2, 0.25) is 0 Å². The Morgan fingerprint density at radius 2 is 1.90 bits per heavy atom. The van der Waals surface area contributed by atoms with Crippen molar-refractivity contribution < 1.29 is 8.42 Å². The van der Waals surface area contributed by atoms with Crippen molar-refractivity contribution in [2.75, 3.05) is 6.54 Å². The second-order valence-electron chi connectivity index (χ2n) is 6.43. The molecule has 0 spiro atoms. The fraction of sp³-hybridized carbons (Fsp3) is 0.643. The molecule has 1 rings (SSSR count). The Labute approximate surface area is 122 Å². The first-order valence-electron chi connectivity index (χ1n) is 6.78. The third-order valence-electron chi connectivity index (χ3n) is 2.58. The summed E-state index contributed by atoms with van der Waals surface area (Å²) in [5, 5.41) is 3.32. The number of hydrogen-bond acceptors (Lipinski definition) is 4. The number of hydrogen-bond donors (Lipinski definition) is 2. The van der Waals surface area contributed by atoms with Crippen molar-refractivity contribution in [2.45, 2.75) is 52.2 Å². The van der Waals surface area contributed by atoms with E-state index in [2.05, 4.69) is 28.9 Å². The lowest BCUT2D eigenvalue weighted by Gasteiger charge is -2.18. The van der Waals surface area contributed by atoms with Crippen molar-refractivity contribution in [1.82, 2.24) is 15.0 Å². The Balaban J connectivity index is 2.72. The number of pyridine rings is 1. The molecule has 0 atom stereocenters. The van der Waals surface area contributed by atoms with Crippen molar-refractivity contribution in [3.8, 4) is 0 Å². The summed E-state index contributed by atoms with van der Waals surface area (Å²) in [4.78, 5) is 4.04. The summed E-state index contributed by atoms with van der Waals surface area (Å²) in [6.45, 7) is 11.1. The van der Waals surface area contributed by atoms with Crippen molar-refractivity contribution >= 4 is 10.0 Å². The molecule has 0 aliphatic rings. The molecule has 0 aliphatic heterocycles. The van der Waals surface area contributed by atoms with Gasteiger partial charge in [0.25, 0.3) is 10.0 Å². The standard InChI is InChI=1S/C14H25N3O2S/c1-11(2)15-8-12-6-7-13(16-9-12)20(18,19)17-10-14(3,4)5/h6-7,9,11,15,17H,8,10H2,1-5H3. The van der Waals surface area contributed by atoms with E-state index in [1.54, 1.807) is 18.3 Å². The molecule has 1 heterocycles. The van der Waals surface area contributed by atoms with E-state index in [9.17, 15) is 8.42 Å². The Bertz CT molecular complexity index is 516. The van der Waals surface area contributed by atoms with E-state index < -0.39 is 10.0 Å². The van der Waals surface area contributed by atoms with Crippen LogP contribution in [0.2, 0.25) is 0 Å². The molecule has 0 radical (unpaired) electrons. The van der Waals surface area contributed by atoms with Gasteiger partial charge >= 0.3 is 0 Å². The van der Waals surface area contributed by atoms with E-state index in [1.165, 1.54) is 0 Å². The number of aromatic nitrogens is 1. The van der Waals surface area contributed by atoms with Gasteiger partial charge in [-0.2, -0.15) is 0 Å². The first-order chi connectivity index (χ1) is 9.10. The summed E-state index contributed by atoms with van der Waals surface area (Å²) < 4.78 is 26.7. The molecule has 0 aromatic carbocycles. The zero-order chi connectivity index (χ0) is 15.4. The van der Waals surface area contributed by atoms with Gasteiger partial charge in [0.1, 0.15) is 0 Å². The number of nitrogens with one attached hydrogen (secondary N) is 2. The van der Waals surface area contributed by atoms with Crippen molar-refractivity contribution in [3.05, 3.63) is 23.9 Å². The molecule has 0 bridgehead atoms. The molecule has 0 amide bonds. The molecule has 0 saturated heterocycles. The Morgan fingerprint density at radius 1 is 1.25 bits per heavy atom. The molecule has 6 heteroatoms. The van der Waals surface area contributed by atoms with E-state index in [0.29, 0.717) is 19.1 Å². The summed E-state index contributed by atoms with van der Waals surface area (Å²) in [5.74, 6) is 0. The first kappa shape index (κ1) is 17.1. The Kier molecular flexibility index (Phi) is 5.68. The van der Waals surface area contributed by atoms with Gasteiger partial charge in [-0.05, 0) is 17.0 Å². The van der Waals surface area contributed by atoms with E-state index in [0.717, 1.165) is 5.56 Å². The Morgan fingerprint density at radius 3 is 2.35 bits per heavy atom. The van der Waals surface area contributed by atoms with Gasteiger partial charge in [0, 0.05) is 25.3 Å². The smallest absolute Gasteiger partial charge is 0.258 e. The summed E-state index contributed by atoms with van der Waals surface area (Å²) in [5.41, 5.74) is 0.863. The quantitative estimate of drug-likeness (QED) is 0.841. The minimum absolute atomic E-state index is 0.0649. The predicted octanol–water partition coefficient (Wildman–Crippen LogP) is 1.90. The average Bonchev–Trinajstić information content (AvgIpc) is 2.34. The second-order valence-corrected chi connectivity index (χ2v) is 8.14. The molecule has 0 fully saturated rings. The lowest BCUT2D eigenvalue weighted by Crippen LogP contribution is -2.32. The zero-order valence-corrected chi connectivity index (χ0v) is 13.7. The third-order valence-corrected chi connectivity index (χ3v) is 3.90. The number of sulfonamides is 1. The maximum Gasteiger partial charge on any atom is 0.258 e. The van der Waals surface area contributed by atoms with Gasteiger partial charge in [-0.25, -0.2) is 18.1 Å². The van der Waals surface area contributed by atoms with Crippen LogP contribution in [-0.4, -0.2) is 26.0 Å². The molecule has 0 saturated carbocycles. The maximum absolute atomic E-state index is 12.1. The molecule has 1 aromatic heterocycles. The Hall–Kier alpha value is -0.980. The van der Waals surface area contributed by atoms with Crippen molar-refractivity contribution in [2.24, 2.45) is 5.41 Å². The van der Waals surface area contributed by atoms with Gasteiger partial charge in [0.15, 0.2) is 5.03 Å². The number of rotatable bonds is 6. The highest BCUT2D eigenvalue weighted by atomic mass is 32.2. The van der Waals surface area contributed by atoms with Crippen LogP contribution >= 0.6 is 0 Å². The third kappa shape index (κ3) is 5.98. The molecule has 1 aromatic rings. The minimum Gasteiger partial charge on any atom is -0.310 e.